The van der Waals surface area contributed by atoms with Crippen LogP contribution in [0.2, 0.25) is 0 Å². The van der Waals surface area contributed by atoms with Gasteiger partial charge in [-0.3, -0.25) is 4.79 Å². The van der Waals surface area contributed by atoms with Crippen molar-refractivity contribution in [2.45, 2.75) is 25.9 Å². The van der Waals surface area contributed by atoms with E-state index in [1.807, 2.05) is 36.2 Å². The number of carbonyl (C=O) groups is 1. The van der Waals surface area contributed by atoms with E-state index in [0.29, 0.717) is 25.5 Å². The fraction of sp³-hybridized carbons (Fsp3) is 0.529. The molecule has 8 nitrogen and oxygen atoms in total. The summed E-state index contributed by atoms with van der Waals surface area (Å²) in [7, 11) is 0. The van der Waals surface area contributed by atoms with Crippen molar-refractivity contribution in [3.8, 4) is 5.82 Å². The van der Waals surface area contributed by atoms with Gasteiger partial charge in [0, 0.05) is 39.0 Å². The van der Waals surface area contributed by atoms with E-state index in [2.05, 4.69) is 20.2 Å². The molecule has 0 saturated carbocycles. The zero-order chi connectivity index (χ0) is 17.2. The molecule has 0 aliphatic carbocycles. The Morgan fingerprint density at radius 3 is 2.48 bits per heavy atom. The zero-order valence-corrected chi connectivity index (χ0v) is 14.3. The molecule has 4 heterocycles. The largest absolute Gasteiger partial charge is 0.368 e. The first-order valence-corrected chi connectivity index (χ1v) is 8.72. The second-order valence-electron chi connectivity index (χ2n) is 6.47. The molecule has 1 amide bonds. The first-order chi connectivity index (χ1) is 12.2. The third-order valence-electron chi connectivity index (χ3n) is 4.71. The van der Waals surface area contributed by atoms with E-state index in [4.69, 9.17) is 4.74 Å². The predicted octanol–water partition coefficient (Wildman–Crippen LogP) is 0.798. The van der Waals surface area contributed by atoms with Crippen molar-refractivity contribution in [1.29, 1.82) is 0 Å². The van der Waals surface area contributed by atoms with Crippen LogP contribution in [-0.2, 0) is 9.53 Å². The maximum absolute atomic E-state index is 12.4. The Labute approximate surface area is 146 Å². The summed E-state index contributed by atoms with van der Waals surface area (Å²) >= 11 is 0. The van der Waals surface area contributed by atoms with Crippen LogP contribution in [-0.4, -0.2) is 69.7 Å². The average molecular weight is 342 g/mol. The van der Waals surface area contributed by atoms with Crippen molar-refractivity contribution in [2.75, 3.05) is 37.7 Å². The molecule has 1 unspecified atom stereocenters. The monoisotopic (exact) mass is 342 g/mol. The van der Waals surface area contributed by atoms with Crippen molar-refractivity contribution in [2.24, 2.45) is 0 Å². The highest BCUT2D eigenvalue weighted by Gasteiger charge is 2.30. The maximum Gasteiger partial charge on any atom is 0.251 e. The molecule has 0 aromatic carbocycles. The normalized spacial score (nSPS) is 20.9. The van der Waals surface area contributed by atoms with Crippen LogP contribution in [0.4, 0.5) is 5.82 Å². The number of aromatic nitrogens is 4. The van der Waals surface area contributed by atoms with Gasteiger partial charge in [-0.1, -0.05) is 0 Å². The summed E-state index contributed by atoms with van der Waals surface area (Å²) in [6.45, 7) is 5.55. The molecule has 1 atom stereocenters. The molecule has 2 aliphatic heterocycles. The lowest BCUT2D eigenvalue weighted by Crippen LogP contribution is -2.51. The van der Waals surface area contributed by atoms with Crippen LogP contribution >= 0.6 is 0 Å². The lowest BCUT2D eigenvalue weighted by atomic mass is 10.2. The minimum absolute atomic E-state index is 0.132. The van der Waals surface area contributed by atoms with Crippen molar-refractivity contribution >= 4 is 11.7 Å². The second-order valence-corrected chi connectivity index (χ2v) is 6.47. The molecule has 2 aromatic heterocycles. The fourth-order valence-corrected chi connectivity index (χ4v) is 3.28. The lowest BCUT2D eigenvalue weighted by molar-refractivity contribution is -0.141. The van der Waals surface area contributed by atoms with Crippen LogP contribution in [0.5, 0.6) is 0 Å². The Balaban J connectivity index is 1.36. The first-order valence-electron chi connectivity index (χ1n) is 8.72. The van der Waals surface area contributed by atoms with E-state index in [9.17, 15) is 4.79 Å². The zero-order valence-electron chi connectivity index (χ0n) is 14.3. The maximum atomic E-state index is 12.4. The predicted molar refractivity (Wildman–Crippen MR) is 91.7 cm³/mol. The van der Waals surface area contributed by atoms with Gasteiger partial charge in [-0.2, -0.15) is 5.10 Å². The van der Waals surface area contributed by atoms with Gasteiger partial charge in [0.05, 0.1) is 5.69 Å². The number of amides is 1. The number of nitrogens with zero attached hydrogens (tertiary/aromatic N) is 6. The van der Waals surface area contributed by atoms with E-state index in [1.54, 1.807) is 4.68 Å². The first kappa shape index (κ1) is 16.0. The van der Waals surface area contributed by atoms with Gasteiger partial charge in [0.15, 0.2) is 11.6 Å². The summed E-state index contributed by atoms with van der Waals surface area (Å²) < 4.78 is 7.21. The Morgan fingerprint density at radius 2 is 1.88 bits per heavy atom. The number of carbonyl (C=O) groups excluding carboxylic acids is 1. The molecule has 8 heteroatoms. The molecule has 0 N–H and O–H groups in total. The lowest BCUT2D eigenvalue weighted by Gasteiger charge is -2.36. The molecule has 25 heavy (non-hydrogen) atoms. The third kappa shape index (κ3) is 3.34. The minimum atomic E-state index is -0.233. The quantitative estimate of drug-likeness (QED) is 0.821. The van der Waals surface area contributed by atoms with Crippen LogP contribution in [0.25, 0.3) is 5.82 Å². The highest BCUT2D eigenvalue weighted by molar-refractivity contribution is 5.81. The van der Waals surface area contributed by atoms with Crippen molar-refractivity contribution in [3.05, 3.63) is 30.1 Å². The Kier molecular flexibility index (Phi) is 4.35. The summed E-state index contributed by atoms with van der Waals surface area (Å²) in [5, 5.41) is 12.9. The fourth-order valence-electron chi connectivity index (χ4n) is 3.28. The van der Waals surface area contributed by atoms with E-state index < -0.39 is 0 Å². The van der Waals surface area contributed by atoms with Gasteiger partial charge >= 0.3 is 0 Å². The topological polar surface area (TPSA) is 76.4 Å². The number of ether oxygens (including phenoxy) is 1. The molecular formula is C17H22N6O2. The van der Waals surface area contributed by atoms with Gasteiger partial charge in [-0.05, 0) is 38.0 Å². The second kappa shape index (κ2) is 6.79. The molecule has 132 valence electrons. The summed E-state index contributed by atoms with van der Waals surface area (Å²) in [4.78, 5) is 16.5. The van der Waals surface area contributed by atoms with Gasteiger partial charge in [0.1, 0.15) is 6.10 Å². The van der Waals surface area contributed by atoms with Crippen LogP contribution in [0, 0.1) is 6.92 Å². The number of piperazine rings is 1. The highest BCUT2D eigenvalue weighted by Crippen LogP contribution is 2.18. The molecule has 2 fully saturated rings. The Bertz CT molecular complexity index is 730. The van der Waals surface area contributed by atoms with Crippen molar-refractivity contribution in [3.63, 3.8) is 0 Å². The smallest absolute Gasteiger partial charge is 0.251 e. The van der Waals surface area contributed by atoms with E-state index in [-0.39, 0.29) is 12.0 Å². The summed E-state index contributed by atoms with van der Waals surface area (Å²) in [5.41, 5.74) is 0.943. The van der Waals surface area contributed by atoms with Crippen LogP contribution in [0.15, 0.2) is 24.4 Å². The molecule has 2 aliphatic rings. The Hall–Kier alpha value is -2.48. The van der Waals surface area contributed by atoms with Gasteiger partial charge in [0.25, 0.3) is 5.91 Å². The van der Waals surface area contributed by atoms with E-state index in [0.717, 1.165) is 37.4 Å². The number of hydrogen-bond acceptors (Lipinski definition) is 6. The number of hydrogen-bond donors (Lipinski definition) is 0. The molecule has 0 radical (unpaired) electrons. The van der Waals surface area contributed by atoms with Crippen LogP contribution in [0.3, 0.4) is 0 Å². The minimum Gasteiger partial charge on any atom is -0.368 e. The molecular weight excluding hydrogens is 320 g/mol. The standard InChI is InChI=1S/C17H22N6O2/c1-13-6-7-23(20-13)16-5-4-15(18-19-16)21-8-10-22(11-9-21)17(24)14-3-2-12-25-14/h4-7,14H,2-3,8-12H2,1H3. The van der Waals surface area contributed by atoms with Crippen molar-refractivity contribution < 1.29 is 9.53 Å². The van der Waals surface area contributed by atoms with Crippen LogP contribution in [0.1, 0.15) is 18.5 Å². The van der Waals surface area contributed by atoms with Gasteiger partial charge in [0.2, 0.25) is 0 Å². The molecule has 2 aromatic rings. The molecule has 0 spiro atoms. The number of anilines is 1. The third-order valence-corrected chi connectivity index (χ3v) is 4.71. The van der Waals surface area contributed by atoms with Gasteiger partial charge < -0.3 is 14.5 Å². The number of rotatable bonds is 3. The summed E-state index contributed by atoms with van der Waals surface area (Å²) in [6, 6.07) is 5.80. The van der Waals surface area contributed by atoms with Gasteiger partial charge in [-0.25, -0.2) is 4.68 Å². The van der Waals surface area contributed by atoms with Crippen LogP contribution < -0.4 is 4.90 Å². The summed E-state index contributed by atoms with van der Waals surface area (Å²) in [5.74, 6) is 1.66. The highest BCUT2D eigenvalue weighted by atomic mass is 16.5. The Morgan fingerprint density at radius 1 is 1.12 bits per heavy atom. The molecule has 2 saturated heterocycles. The SMILES string of the molecule is Cc1ccn(-c2ccc(N3CCN(C(=O)C4CCCO4)CC3)nn2)n1. The van der Waals surface area contributed by atoms with E-state index >= 15 is 0 Å². The average Bonchev–Trinajstić information content (AvgIpc) is 3.33. The van der Waals surface area contributed by atoms with Crippen molar-refractivity contribution in [1.82, 2.24) is 24.9 Å². The summed E-state index contributed by atoms with van der Waals surface area (Å²) in [6.07, 6.45) is 3.46. The number of aryl methyl sites for hydroxylation is 1. The molecule has 0 bridgehead atoms. The van der Waals surface area contributed by atoms with E-state index in [1.165, 1.54) is 0 Å². The molecule has 4 rings (SSSR count). The van der Waals surface area contributed by atoms with Gasteiger partial charge in [-0.15, -0.1) is 10.2 Å².